The van der Waals surface area contributed by atoms with Crippen molar-refractivity contribution in [3.8, 4) is 5.75 Å². The molecule has 3 unspecified atom stereocenters. The first-order valence-electron chi connectivity index (χ1n) is 5.96. The monoisotopic (exact) mass is 219 g/mol. The van der Waals surface area contributed by atoms with E-state index in [9.17, 15) is 5.11 Å². The maximum Gasteiger partial charge on any atom is 0.143 e. The molecule has 2 aliphatic carbocycles. The number of ether oxygens (including phenoxy) is 1. The molecule has 0 radical (unpaired) electrons. The molecule has 1 heterocycles. The molecular weight excluding hydrogens is 202 g/mol. The fourth-order valence-electron chi connectivity index (χ4n) is 3.04. The molecule has 0 aromatic carbocycles. The van der Waals surface area contributed by atoms with E-state index in [0.29, 0.717) is 17.4 Å². The Kier molecular flexibility index (Phi) is 2.36. The third-order valence-electron chi connectivity index (χ3n) is 4.03. The number of aliphatic hydroxyl groups excluding tert-OH is 1. The third kappa shape index (κ3) is 1.59. The molecule has 0 saturated heterocycles. The molecule has 1 aromatic heterocycles. The second-order valence-electron chi connectivity index (χ2n) is 5.02. The number of aliphatic hydroxyl groups is 1. The molecule has 86 valence electrons. The van der Waals surface area contributed by atoms with Crippen LogP contribution in [0, 0.1) is 17.8 Å². The first kappa shape index (κ1) is 10.1. The minimum absolute atomic E-state index is 0.382. The highest BCUT2D eigenvalue weighted by Gasteiger charge is 2.48. The number of pyridine rings is 1. The molecule has 1 aromatic rings. The van der Waals surface area contributed by atoms with Crippen molar-refractivity contribution in [2.75, 3.05) is 7.11 Å². The van der Waals surface area contributed by atoms with Crippen LogP contribution in [-0.2, 0) is 0 Å². The van der Waals surface area contributed by atoms with Crippen LogP contribution in [0.3, 0.4) is 0 Å². The summed E-state index contributed by atoms with van der Waals surface area (Å²) in [5.74, 6) is 2.85. The fourth-order valence-corrected chi connectivity index (χ4v) is 3.04. The fraction of sp³-hybridized carbons (Fsp3) is 0.615. The van der Waals surface area contributed by atoms with Gasteiger partial charge in [0.05, 0.1) is 7.11 Å². The molecule has 0 aliphatic heterocycles. The first-order chi connectivity index (χ1) is 7.79. The molecule has 1 N–H and O–H groups in total. The molecule has 0 amide bonds. The quantitative estimate of drug-likeness (QED) is 0.847. The summed E-state index contributed by atoms with van der Waals surface area (Å²) in [5.41, 5.74) is 0.705. The SMILES string of the molecule is COc1cccnc1C(O)C1CC2CC2C1. The van der Waals surface area contributed by atoms with E-state index in [1.54, 1.807) is 13.3 Å². The van der Waals surface area contributed by atoms with Crippen molar-refractivity contribution >= 4 is 0 Å². The summed E-state index contributed by atoms with van der Waals surface area (Å²) >= 11 is 0. The van der Waals surface area contributed by atoms with Gasteiger partial charge in [0.15, 0.2) is 0 Å². The number of hydrogen-bond donors (Lipinski definition) is 1. The number of fused-ring (bicyclic) bond motifs is 1. The van der Waals surface area contributed by atoms with Crippen LogP contribution in [0.2, 0.25) is 0 Å². The van der Waals surface area contributed by atoms with Crippen LogP contribution in [-0.4, -0.2) is 17.2 Å². The smallest absolute Gasteiger partial charge is 0.143 e. The van der Waals surface area contributed by atoms with Gasteiger partial charge in [-0.2, -0.15) is 0 Å². The highest BCUT2D eigenvalue weighted by Crippen LogP contribution is 2.57. The van der Waals surface area contributed by atoms with Gasteiger partial charge in [-0.25, -0.2) is 0 Å². The van der Waals surface area contributed by atoms with Crippen LogP contribution < -0.4 is 4.74 Å². The molecule has 3 heteroatoms. The van der Waals surface area contributed by atoms with E-state index in [0.717, 1.165) is 24.7 Å². The molecule has 2 aliphatic rings. The maximum absolute atomic E-state index is 10.3. The lowest BCUT2D eigenvalue weighted by molar-refractivity contribution is 0.0972. The molecule has 16 heavy (non-hydrogen) atoms. The van der Waals surface area contributed by atoms with Gasteiger partial charge in [-0.05, 0) is 49.1 Å². The molecule has 2 saturated carbocycles. The van der Waals surface area contributed by atoms with Crippen molar-refractivity contribution in [3.63, 3.8) is 0 Å². The zero-order valence-corrected chi connectivity index (χ0v) is 9.47. The summed E-state index contributed by atoms with van der Waals surface area (Å²) in [5, 5.41) is 10.3. The Morgan fingerprint density at radius 2 is 2.12 bits per heavy atom. The van der Waals surface area contributed by atoms with Crippen LogP contribution in [0.15, 0.2) is 18.3 Å². The third-order valence-corrected chi connectivity index (χ3v) is 4.03. The van der Waals surface area contributed by atoms with E-state index in [2.05, 4.69) is 4.98 Å². The van der Waals surface area contributed by atoms with Crippen LogP contribution >= 0.6 is 0 Å². The van der Waals surface area contributed by atoms with Gasteiger partial charge in [-0.1, -0.05) is 0 Å². The maximum atomic E-state index is 10.3. The lowest BCUT2D eigenvalue weighted by Gasteiger charge is -2.20. The summed E-state index contributed by atoms with van der Waals surface area (Å²) in [4.78, 5) is 4.26. The molecule has 3 rings (SSSR count). The van der Waals surface area contributed by atoms with E-state index < -0.39 is 6.10 Å². The van der Waals surface area contributed by atoms with Crippen molar-refractivity contribution < 1.29 is 9.84 Å². The van der Waals surface area contributed by atoms with Crippen LogP contribution in [0.4, 0.5) is 0 Å². The standard InChI is InChI=1S/C13H17NO2/c1-16-11-3-2-4-14-12(11)13(15)10-6-8-5-9(8)7-10/h2-4,8-10,13,15H,5-7H2,1H3. The zero-order chi connectivity index (χ0) is 11.1. The predicted octanol–water partition coefficient (Wildman–Crippen LogP) is 2.17. The van der Waals surface area contributed by atoms with Gasteiger partial charge in [0.1, 0.15) is 17.5 Å². The average molecular weight is 219 g/mol. The summed E-state index contributed by atoms with van der Waals surface area (Å²) in [6.45, 7) is 0. The van der Waals surface area contributed by atoms with Gasteiger partial charge in [0.25, 0.3) is 0 Å². The van der Waals surface area contributed by atoms with Crippen molar-refractivity contribution in [1.29, 1.82) is 0 Å². The van der Waals surface area contributed by atoms with E-state index in [1.807, 2.05) is 12.1 Å². The van der Waals surface area contributed by atoms with Crippen LogP contribution in [0.25, 0.3) is 0 Å². The van der Waals surface area contributed by atoms with Crippen molar-refractivity contribution in [2.24, 2.45) is 17.8 Å². The average Bonchev–Trinajstić information content (AvgIpc) is 2.95. The van der Waals surface area contributed by atoms with Gasteiger partial charge in [-0.3, -0.25) is 4.98 Å². The Morgan fingerprint density at radius 1 is 1.38 bits per heavy atom. The molecule has 3 atom stereocenters. The van der Waals surface area contributed by atoms with Gasteiger partial charge in [-0.15, -0.1) is 0 Å². The van der Waals surface area contributed by atoms with Gasteiger partial charge in [0.2, 0.25) is 0 Å². The summed E-state index contributed by atoms with van der Waals surface area (Å²) in [6, 6.07) is 3.70. The second kappa shape index (κ2) is 3.74. The van der Waals surface area contributed by atoms with E-state index in [4.69, 9.17) is 4.74 Å². The number of hydrogen-bond acceptors (Lipinski definition) is 3. The highest BCUT2D eigenvalue weighted by molar-refractivity contribution is 5.29. The zero-order valence-electron chi connectivity index (χ0n) is 9.47. The van der Waals surface area contributed by atoms with E-state index in [1.165, 1.54) is 6.42 Å². The number of nitrogens with zero attached hydrogens (tertiary/aromatic N) is 1. The largest absolute Gasteiger partial charge is 0.495 e. The Balaban J connectivity index is 1.80. The molecule has 0 spiro atoms. The topological polar surface area (TPSA) is 42.4 Å². The minimum atomic E-state index is -0.455. The van der Waals surface area contributed by atoms with Crippen LogP contribution in [0.1, 0.15) is 31.1 Å². The Labute approximate surface area is 95.5 Å². The molecular formula is C13H17NO2. The van der Waals surface area contributed by atoms with E-state index in [-0.39, 0.29) is 0 Å². The van der Waals surface area contributed by atoms with Gasteiger partial charge in [0, 0.05) is 6.20 Å². The molecule has 2 fully saturated rings. The molecule has 3 nitrogen and oxygen atoms in total. The first-order valence-corrected chi connectivity index (χ1v) is 5.96. The second-order valence-corrected chi connectivity index (χ2v) is 5.02. The van der Waals surface area contributed by atoms with Crippen LogP contribution in [0.5, 0.6) is 5.75 Å². The lowest BCUT2D eigenvalue weighted by atomic mass is 9.94. The highest BCUT2D eigenvalue weighted by atomic mass is 16.5. The predicted molar refractivity (Wildman–Crippen MR) is 60.1 cm³/mol. The summed E-state index contributed by atoms with van der Waals surface area (Å²) < 4.78 is 5.24. The van der Waals surface area contributed by atoms with Crippen molar-refractivity contribution in [3.05, 3.63) is 24.0 Å². The summed E-state index contributed by atoms with van der Waals surface area (Å²) in [7, 11) is 1.62. The number of methoxy groups -OCH3 is 1. The van der Waals surface area contributed by atoms with Gasteiger partial charge >= 0.3 is 0 Å². The Hall–Kier alpha value is -1.09. The number of aromatic nitrogens is 1. The lowest BCUT2D eigenvalue weighted by Crippen LogP contribution is -2.13. The van der Waals surface area contributed by atoms with Crippen molar-refractivity contribution in [2.45, 2.75) is 25.4 Å². The number of rotatable bonds is 3. The molecule has 0 bridgehead atoms. The Morgan fingerprint density at radius 3 is 2.81 bits per heavy atom. The van der Waals surface area contributed by atoms with Crippen molar-refractivity contribution in [1.82, 2.24) is 4.98 Å². The van der Waals surface area contributed by atoms with Gasteiger partial charge < -0.3 is 9.84 Å². The minimum Gasteiger partial charge on any atom is -0.495 e. The normalized spacial score (nSPS) is 33.2. The Bertz CT molecular complexity index is 383. The summed E-state index contributed by atoms with van der Waals surface area (Å²) in [6.07, 6.45) is 4.96. The van der Waals surface area contributed by atoms with E-state index >= 15 is 0 Å².